The van der Waals surface area contributed by atoms with Crippen LogP contribution in [-0.4, -0.2) is 40.2 Å². The van der Waals surface area contributed by atoms with Crippen molar-refractivity contribution in [2.75, 3.05) is 30.3 Å². The monoisotopic (exact) mass is 457 g/mol. The minimum Gasteiger partial charge on any atom is -0.398 e. The van der Waals surface area contributed by atoms with Crippen LogP contribution >= 0.6 is 0 Å². The number of nitrogen functional groups attached to an aromatic ring is 1. The number of hydrogen-bond acceptors (Lipinski definition) is 8. The molecule has 0 radical (unpaired) electrons. The van der Waals surface area contributed by atoms with Crippen molar-refractivity contribution >= 4 is 28.9 Å². The van der Waals surface area contributed by atoms with Gasteiger partial charge in [0.05, 0.1) is 17.9 Å². The van der Waals surface area contributed by atoms with E-state index in [-0.39, 0.29) is 0 Å². The van der Waals surface area contributed by atoms with E-state index in [1.54, 1.807) is 0 Å². The lowest BCUT2D eigenvalue weighted by Crippen LogP contribution is -2.35. The smallest absolute Gasteiger partial charge is 0.137 e. The van der Waals surface area contributed by atoms with Gasteiger partial charge in [-0.25, -0.2) is 4.98 Å². The topological polar surface area (TPSA) is 110 Å². The summed E-state index contributed by atoms with van der Waals surface area (Å²) in [7, 11) is 0. The molecule has 0 unspecified atom stereocenters. The van der Waals surface area contributed by atoms with Crippen molar-refractivity contribution in [1.82, 2.24) is 30.7 Å². The molecule has 2 aromatic heterocycles. The van der Waals surface area contributed by atoms with E-state index in [0.29, 0.717) is 12.2 Å². The van der Waals surface area contributed by atoms with Crippen molar-refractivity contribution in [3.8, 4) is 0 Å². The molecule has 0 amide bonds. The Bertz CT molecular complexity index is 1250. The van der Waals surface area contributed by atoms with Crippen molar-refractivity contribution in [3.05, 3.63) is 65.2 Å². The molecule has 6 N–H and O–H groups in total. The molecule has 0 spiro atoms. The Morgan fingerprint density at radius 1 is 1.21 bits per heavy atom. The summed E-state index contributed by atoms with van der Waals surface area (Å²) < 4.78 is 2.10. The number of imidazole rings is 1. The van der Waals surface area contributed by atoms with Crippen molar-refractivity contribution in [2.24, 2.45) is 5.92 Å². The van der Waals surface area contributed by atoms with E-state index >= 15 is 0 Å². The highest BCUT2D eigenvalue weighted by molar-refractivity contribution is 5.94. The van der Waals surface area contributed by atoms with Gasteiger partial charge in [-0.1, -0.05) is 12.5 Å². The molecule has 9 nitrogen and oxygen atoms in total. The number of benzene rings is 1. The van der Waals surface area contributed by atoms with Crippen LogP contribution in [-0.2, 0) is 13.1 Å². The van der Waals surface area contributed by atoms with E-state index in [1.165, 1.54) is 31.0 Å². The maximum atomic E-state index is 7.84. The molecule has 0 atom stereocenters. The predicted octanol–water partition coefficient (Wildman–Crippen LogP) is 2.45. The van der Waals surface area contributed by atoms with E-state index in [0.717, 1.165) is 65.9 Å². The van der Waals surface area contributed by atoms with Crippen LogP contribution in [0.5, 0.6) is 0 Å². The Morgan fingerprint density at radius 3 is 2.85 bits per heavy atom. The Labute approximate surface area is 199 Å². The summed E-state index contributed by atoms with van der Waals surface area (Å²) in [6.07, 6.45) is 11.7. The number of anilines is 2. The van der Waals surface area contributed by atoms with Crippen molar-refractivity contribution in [3.63, 3.8) is 0 Å². The zero-order valence-electron chi connectivity index (χ0n) is 19.2. The lowest BCUT2D eigenvalue weighted by molar-refractivity contribution is 0.262. The number of hydrogen-bond donors (Lipinski definition) is 5. The first kappa shape index (κ1) is 21.0. The highest BCUT2D eigenvalue weighted by Gasteiger charge is 2.23. The minimum atomic E-state index is 0.606. The number of nitrogens with two attached hydrogens (primary N) is 1. The molecule has 0 bridgehead atoms. The first-order valence-electron chi connectivity index (χ1n) is 12.0. The Morgan fingerprint density at radius 2 is 2.09 bits per heavy atom. The van der Waals surface area contributed by atoms with Gasteiger partial charge in [-0.15, -0.1) is 5.53 Å². The fraction of sp³-hybridized carbons (Fsp3) is 0.360. The van der Waals surface area contributed by atoms with Gasteiger partial charge in [0.25, 0.3) is 0 Å². The summed E-state index contributed by atoms with van der Waals surface area (Å²) in [5, 5.41) is 13.4. The number of nitrogens with one attached hydrogen (secondary N) is 4. The Balaban J connectivity index is 1.16. The molecular weight excluding hydrogens is 426 g/mol. The fourth-order valence-electron chi connectivity index (χ4n) is 4.67. The summed E-state index contributed by atoms with van der Waals surface area (Å²) >= 11 is 0. The van der Waals surface area contributed by atoms with E-state index in [9.17, 15) is 0 Å². The summed E-state index contributed by atoms with van der Waals surface area (Å²) in [6, 6.07) is 8.28. The zero-order valence-corrected chi connectivity index (χ0v) is 19.2. The number of fused-ring (bicyclic) bond motifs is 1. The van der Waals surface area contributed by atoms with Gasteiger partial charge in [-0.2, -0.15) is 0 Å². The molecule has 6 rings (SSSR count). The van der Waals surface area contributed by atoms with Crippen LogP contribution < -0.4 is 26.9 Å². The number of aromatic nitrogens is 2. The molecule has 1 saturated carbocycles. The molecule has 9 heteroatoms. The molecule has 176 valence electrons. The van der Waals surface area contributed by atoms with Gasteiger partial charge in [-0.05, 0) is 49.1 Å². The predicted molar refractivity (Wildman–Crippen MR) is 135 cm³/mol. The van der Waals surface area contributed by atoms with Gasteiger partial charge in [0.2, 0.25) is 0 Å². The van der Waals surface area contributed by atoms with Gasteiger partial charge in [-0.3, -0.25) is 5.01 Å². The standard InChI is InChI=1S/C25H31N9/c26-10-22-21(8-20(9-23(22)27)32-6-7-32)24-16-34(31-30-24)15-19-14-33-13-18(4-5-25(33)29-19)12-28-11-17-2-1-3-17/h4-5,8-10,13-14,16-17,26,28,30-31H,1-3,6-7,11-12,15,27H2. The minimum absolute atomic E-state index is 0.606. The molecule has 34 heavy (non-hydrogen) atoms. The van der Waals surface area contributed by atoms with Crippen molar-refractivity contribution in [2.45, 2.75) is 32.4 Å². The molecule has 2 fully saturated rings. The molecule has 1 aromatic carbocycles. The lowest BCUT2D eigenvalue weighted by Gasteiger charge is -2.25. The third-order valence-corrected chi connectivity index (χ3v) is 6.94. The van der Waals surface area contributed by atoms with E-state index in [4.69, 9.17) is 16.1 Å². The highest BCUT2D eigenvalue weighted by atomic mass is 15.7. The maximum absolute atomic E-state index is 7.84. The average molecular weight is 458 g/mol. The largest absolute Gasteiger partial charge is 0.398 e. The quantitative estimate of drug-likeness (QED) is 0.191. The molecule has 3 aromatic rings. The van der Waals surface area contributed by atoms with E-state index < -0.39 is 0 Å². The second-order valence-corrected chi connectivity index (χ2v) is 9.50. The highest BCUT2D eigenvalue weighted by Crippen LogP contribution is 2.32. The number of rotatable bonds is 9. The van der Waals surface area contributed by atoms with E-state index in [2.05, 4.69) is 56.2 Å². The Hall–Kier alpha value is -3.56. The second-order valence-electron chi connectivity index (χ2n) is 9.50. The third kappa shape index (κ3) is 4.20. The van der Waals surface area contributed by atoms with Gasteiger partial charge in [0.1, 0.15) is 5.65 Å². The molecule has 1 saturated heterocycles. The number of nitrogens with zero attached hydrogens (tertiary/aromatic N) is 4. The van der Waals surface area contributed by atoms with Gasteiger partial charge in [0, 0.05) is 66.9 Å². The molecule has 3 aliphatic rings. The normalized spacial score (nSPS) is 17.6. The van der Waals surface area contributed by atoms with Crippen LogP contribution in [0.1, 0.15) is 41.6 Å². The van der Waals surface area contributed by atoms with E-state index in [1.807, 2.05) is 17.3 Å². The first-order chi connectivity index (χ1) is 16.7. The summed E-state index contributed by atoms with van der Waals surface area (Å²) in [5.41, 5.74) is 20.1. The molecule has 2 aliphatic heterocycles. The van der Waals surface area contributed by atoms with Crippen LogP contribution in [0.25, 0.3) is 11.3 Å². The van der Waals surface area contributed by atoms with Crippen molar-refractivity contribution < 1.29 is 0 Å². The van der Waals surface area contributed by atoms with Crippen LogP contribution in [0.4, 0.5) is 11.4 Å². The summed E-state index contributed by atoms with van der Waals surface area (Å²) in [4.78, 5) is 7.03. The lowest BCUT2D eigenvalue weighted by atomic mass is 9.85. The van der Waals surface area contributed by atoms with Crippen LogP contribution in [0.3, 0.4) is 0 Å². The first-order valence-corrected chi connectivity index (χ1v) is 12.0. The maximum Gasteiger partial charge on any atom is 0.137 e. The molecule has 4 heterocycles. The van der Waals surface area contributed by atoms with Gasteiger partial charge in [0.15, 0.2) is 0 Å². The summed E-state index contributed by atoms with van der Waals surface area (Å²) in [6.45, 7) is 4.70. The Kier molecular flexibility index (Phi) is 5.35. The van der Waals surface area contributed by atoms with Gasteiger partial charge >= 0.3 is 0 Å². The molecular formula is C25H31N9. The number of pyridine rings is 1. The van der Waals surface area contributed by atoms with Crippen LogP contribution in [0.2, 0.25) is 0 Å². The van der Waals surface area contributed by atoms with Crippen molar-refractivity contribution in [1.29, 1.82) is 5.41 Å². The zero-order chi connectivity index (χ0) is 23.1. The average Bonchev–Trinajstić information content (AvgIpc) is 3.42. The van der Waals surface area contributed by atoms with Crippen LogP contribution in [0.15, 0.2) is 42.9 Å². The van der Waals surface area contributed by atoms with Crippen LogP contribution in [0, 0.1) is 11.3 Å². The second kappa shape index (κ2) is 8.66. The fourth-order valence-corrected chi connectivity index (χ4v) is 4.67. The van der Waals surface area contributed by atoms with Gasteiger partial charge < -0.3 is 31.2 Å². The third-order valence-electron chi connectivity index (χ3n) is 6.94. The summed E-state index contributed by atoms with van der Waals surface area (Å²) in [5.74, 6) is 0.864. The number of hydrazine groups is 2. The SMILES string of the molecule is N=Cc1c(N)cc(N2CC2)cc1C1=CN(Cc2cn3cc(CNCC4CCC4)ccc3n2)NN1. The molecule has 1 aliphatic carbocycles.